The number of aliphatic carboxylic acids is 1. The molecule has 0 aromatic heterocycles. The number of rotatable bonds is 6. The normalized spacial score (nSPS) is 17.9. The first-order valence-corrected chi connectivity index (χ1v) is 5.23. The van der Waals surface area contributed by atoms with E-state index in [1.165, 1.54) is 0 Å². The number of carboxylic acids is 1. The lowest BCUT2D eigenvalue weighted by molar-refractivity contribution is -0.185. The van der Waals surface area contributed by atoms with Crippen molar-refractivity contribution in [3.8, 4) is 0 Å². The fourth-order valence-electron chi connectivity index (χ4n) is 1.42. The molecule has 0 bridgehead atoms. The predicted octanol–water partition coefficient (Wildman–Crippen LogP) is -0.844. The first kappa shape index (κ1) is 12.9. The Morgan fingerprint density at radius 2 is 2.06 bits per heavy atom. The van der Waals surface area contributed by atoms with E-state index in [0.717, 1.165) is 13.0 Å². The van der Waals surface area contributed by atoms with E-state index in [2.05, 4.69) is 5.32 Å². The molecular weight excluding hydrogens is 212 g/mol. The van der Waals surface area contributed by atoms with Crippen molar-refractivity contribution >= 4 is 11.9 Å². The van der Waals surface area contributed by atoms with Crippen LogP contribution < -0.4 is 5.32 Å². The SMILES string of the molecule is CN(C)CCCNC(=O)C1(C(=O)O)COC1. The van der Waals surface area contributed by atoms with Gasteiger partial charge in [0.1, 0.15) is 0 Å². The van der Waals surface area contributed by atoms with Crippen molar-refractivity contribution in [2.24, 2.45) is 5.41 Å². The summed E-state index contributed by atoms with van der Waals surface area (Å²) in [5.74, 6) is -1.55. The zero-order valence-electron chi connectivity index (χ0n) is 9.65. The van der Waals surface area contributed by atoms with Crippen LogP contribution in [-0.4, -0.2) is 62.3 Å². The molecule has 6 heteroatoms. The third kappa shape index (κ3) is 2.70. The minimum atomic E-state index is -1.35. The van der Waals surface area contributed by atoms with E-state index in [1.807, 2.05) is 19.0 Å². The minimum absolute atomic E-state index is 0.0259. The van der Waals surface area contributed by atoms with Gasteiger partial charge in [0.2, 0.25) is 5.91 Å². The predicted molar refractivity (Wildman–Crippen MR) is 57.1 cm³/mol. The van der Waals surface area contributed by atoms with E-state index < -0.39 is 17.3 Å². The number of hydrogen-bond acceptors (Lipinski definition) is 4. The molecule has 1 heterocycles. The van der Waals surface area contributed by atoms with Gasteiger partial charge in [-0.05, 0) is 27.1 Å². The molecule has 92 valence electrons. The molecule has 0 saturated carbocycles. The molecule has 0 atom stereocenters. The quantitative estimate of drug-likeness (QED) is 0.459. The van der Waals surface area contributed by atoms with Crippen molar-refractivity contribution in [2.45, 2.75) is 6.42 Å². The topological polar surface area (TPSA) is 78.9 Å². The number of ether oxygens (including phenoxy) is 1. The maximum absolute atomic E-state index is 11.6. The Balaban J connectivity index is 2.31. The highest BCUT2D eigenvalue weighted by molar-refractivity contribution is 6.03. The zero-order chi connectivity index (χ0) is 12.2. The second kappa shape index (κ2) is 5.27. The Morgan fingerprint density at radius 3 is 2.44 bits per heavy atom. The summed E-state index contributed by atoms with van der Waals surface area (Å²) in [7, 11) is 3.89. The van der Waals surface area contributed by atoms with Crippen LogP contribution in [0.25, 0.3) is 0 Å². The van der Waals surface area contributed by atoms with Crippen LogP contribution in [0.1, 0.15) is 6.42 Å². The summed E-state index contributed by atoms with van der Waals surface area (Å²) in [6.07, 6.45) is 0.801. The van der Waals surface area contributed by atoms with Gasteiger partial charge in [-0.15, -0.1) is 0 Å². The van der Waals surface area contributed by atoms with Crippen molar-refractivity contribution in [3.63, 3.8) is 0 Å². The van der Waals surface area contributed by atoms with Gasteiger partial charge in [0.25, 0.3) is 0 Å². The molecule has 1 aliphatic heterocycles. The maximum Gasteiger partial charge on any atom is 0.324 e. The third-order valence-corrected chi connectivity index (χ3v) is 2.61. The minimum Gasteiger partial charge on any atom is -0.480 e. The maximum atomic E-state index is 11.6. The summed E-state index contributed by atoms with van der Waals surface area (Å²) in [5.41, 5.74) is -1.35. The lowest BCUT2D eigenvalue weighted by Gasteiger charge is -2.35. The standard InChI is InChI=1S/C10H18N2O4/c1-12(2)5-3-4-11-8(13)10(9(14)15)6-16-7-10/h3-7H2,1-2H3,(H,11,13)(H,14,15). The van der Waals surface area contributed by atoms with Crippen molar-refractivity contribution in [1.82, 2.24) is 10.2 Å². The molecule has 1 saturated heterocycles. The second-order valence-electron chi connectivity index (χ2n) is 4.29. The van der Waals surface area contributed by atoms with Crippen LogP contribution in [0.2, 0.25) is 0 Å². The number of carbonyl (C=O) groups is 2. The molecule has 1 rings (SSSR count). The largest absolute Gasteiger partial charge is 0.480 e. The summed E-state index contributed by atoms with van der Waals surface area (Å²) in [6.45, 7) is 1.30. The molecule has 6 nitrogen and oxygen atoms in total. The fraction of sp³-hybridized carbons (Fsp3) is 0.800. The number of carbonyl (C=O) groups excluding carboxylic acids is 1. The summed E-state index contributed by atoms with van der Waals surface area (Å²) in [5, 5.41) is 11.6. The highest BCUT2D eigenvalue weighted by atomic mass is 16.5. The number of amides is 1. The number of carboxylic acid groups (broad SMARTS) is 1. The molecule has 0 radical (unpaired) electrons. The Morgan fingerprint density at radius 1 is 1.44 bits per heavy atom. The lowest BCUT2D eigenvalue weighted by Crippen LogP contribution is -2.59. The van der Waals surface area contributed by atoms with E-state index >= 15 is 0 Å². The van der Waals surface area contributed by atoms with E-state index in [1.54, 1.807) is 0 Å². The number of nitrogens with zero attached hydrogens (tertiary/aromatic N) is 1. The van der Waals surface area contributed by atoms with Crippen molar-refractivity contribution in [2.75, 3.05) is 40.4 Å². The van der Waals surface area contributed by atoms with E-state index in [0.29, 0.717) is 6.54 Å². The van der Waals surface area contributed by atoms with Gasteiger partial charge in [-0.25, -0.2) is 0 Å². The molecule has 0 aromatic rings. The molecule has 1 amide bonds. The van der Waals surface area contributed by atoms with Crippen molar-refractivity contribution in [1.29, 1.82) is 0 Å². The van der Waals surface area contributed by atoms with Crippen LogP contribution in [0, 0.1) is 5.41 Å². The molecule has 0 aliphatic carbocycles. The van der Waals surface area contributed by atoms with E-state index in [9.17, 15) is 9.59 Å². The van der Waals surface area contributed by atoms with Gasteiger partial charge < -0.3 is 20.1 Å². The molecule has 0 unspecified atom stereocenters. The summed E-state index contributed by atoms with van der Waals surface area (Å²) in [6, 6.07) is 0. The third-order valence-electron chi connectivity index (χ3n) is 2.61. The summed E-state index contributed by atoms with van der Waals surface area (Å²) in [4.78, 5) is 24.6. The monoisotopic (exact) mass is 230 g/mol. The van der Waals surface area contributed by atoms with Gasteiger partial charge in [-0.2, -0.15) is 0 Å². The van der Waals surface area contributed by atoms with Gasteiger partial charge >= 0.3 is 5.97 Å². The van der Waals surface area contributed by atoms with Gasteiger partial charge in [-0.3, -0.25) is 9.59 Å². The Bertz CT molecular complexity index is 274. The van der Waals surface area contributed by atoms with Crippen LogP contribution in [0.3, 0.4) is 0 Å². The van der Waals surface area contributed by atoms with Gasteiger partial charge in [0.15, 0.2) is 5.41 Å². The van der Waals surface area contributed by atoms with Crippen LogP contribution in [0.4, 0.5) is 0 Å². The van der Waals surface area contributed by atoms with E-state index in [-0.39, 0.29) is 13.2 Å². The summed E-state index contributed by atoms with van der Waals surface area (Å²) < 4.78 is 4.82. The Labute approximate surface area is 94.6 Å². The van der Waals surface area contributed by atoms with Crippen LogP contribution in [0.5, 0.6) is 0 Å². The number of hydrogen-bond donors (Lipinski definition) is 2. The van der Waals surface area contributed by atoms with Crippen LogP contribution in [-0.2, 0) is 14.3 Å². The van der Waals surface area contributed by atoms with Crippen molar-refractivity contribution in [3.05, 3.63) is 0 Å². The molecule has 1 aliphatic rings. The fourth-order valence-corrected chi connectivity index (χ4v) is 1.42. The smallest absolute Gasteiger partial charge is 0.324 e. The molecule has 16 heavy (non-hydrogen) atoms. The molecule has 0 spiro atoms. The lowest BCUT2D eigenvalue weighted by atomic mass is 9.85. The van der Waals surface area contributed by atoms with Crippen LogP contribution >= 0.6 is 0 Å². The van der Waals surface area contributed by atoms with Gasteiger partial charge in [0.05, 0.1) is 13.2 Å². The zero-order valence-corrected chi connectivity index (χ0v) is 9.65. The molecule has 2 N–H and O–H groups in total. The highest BCUT2D eigenvalue weighted by Gasteiger charge is 2.53. The van der Waals surface area contributed by atoms with Gasteiger partial charge in [-0.1, -0.05) is 0 Å². The molecule has 0 aromatic carbocycles. The first-order chi connectivity index (χ1) is 7.49. The Hall–Kier alpha value is -1.14. The average molecular weight is 230 g/mol. The molecule has 1 fully saturated rings. The Kier molecular flexibility index (Phi) is 4.26. The van der Waals surface area contributed by atoms with Crippen LogP contribution in [0.15, 0.2) is 0 Å². The molecular formula is C10H18N2O4. The second-order valence-corrected chi connectivity index (χ2v) is 4.29. The van der Waals surface area contributed by atoms with E-state index in [4.69, 9.17) is 9.84 Å². The van der Waals surface area contributed by atoms with Gasteiger partial charge in [0, 0.05) is 6.54 Å². The van der Waals surface area contributed by atoms with Crippen molar-refractivity contribution < 1.29 is 19.4 Å². The highest BCUT2D eigenvalue weighted by Crippen LogP contribution is 2.27. The first-order valence-electron chi connectivity index (χ1n) is 5.23. The number of nitrogens with one attached hydrogen (secondary N) is 1. The average Bonchev–Trinajstić information content (AvgIpc) is 2.09. The summed E-state index contributed by atoms with van der Waals surface area (Å²) >= 11 is 0.